The number of anilines is 1. The van der Waals surface area contributed by atoms with Crippen LogP contribution in [0.15, 0.2) is 30.3 Å². The molecule has 1 aromatic carbocycles. The third kappa shape index (κ3) is 4.24. The largest absolute Gasteiger partial charge is 0.468 e. The normalized spacial score (nSPS) is 14.0. The zero-order valence-electron chi connectivity index (χ0n) is 12.4. The van der Waals surface area contributed by atoms with Crippen LogP contribution in [0.25, 0.3) is 0 Å². The van der Waals surface area contributed by atoms with Gasteiger partial charge in [0, 0.05) is 25.3 Å². The van der Waals surface area contributed by atoms with Crippen LogP contribution in [-0.2, 0) is 9.53 Å². The molecule has 0 spiro atoms. The number of carbonyl (C=O) groups excluding carboxylic acids is 1. The number of hydrogen-bond donors (Lipinski definition) is 1. The van der Waals surface area contributed by atoms with E-state index in [1.807, 2.05) is 63.1 Å². The molecule has 1 aromatic rings. The minimum absolute atomic E-state index is 0.202. The zero-order valence-corrected chi connectivity index (χ0v) is 12.4. The first-order valence-corrected chi connectivity index (χ1v) is 6.51. The van der Waals surface area contributed by atoms with Crippen molar-refractivity contribution < 1.29 is 9.53 Å². The van der Waals surface area contributed by atoms with Crippen molar-refractivity contribution in [2.75, 3.05) is 25.6 Å². The van der Waals surface area contributed by atoms with Gasteiger partial charge in [0.2, 0.25) is 0 Å². The summed E-state index contributed by atoms with van der Waals surface area (Å²) in [6, 6.07) is 10.2. The molecule has 0 heterocycles. The van der Waals surface area contributed by atoms with Crippen molar-refractivity contribution in [3.63, 3.8) is 0 Å². The fourth-order valence-corrected chi connectivity index (χ4v) is 2.28. The maximum absolute atomic E-state index is 12.0. The lowest BCUT2D eigenvalue weighted by Gasteiger charge is -2.34. The Morgan fingerprint density at radius 1 is 1.37 bits per heavy atom. The second-order valence-electron chi connectivity index (χ2n) is 5.31. The Labute approximate surface area is 115 Å². The maximum Gasteiger partial charge on any atom is 0.327 e. The van der Waals surface area contributed by atoms with Crippen LogP contribution in [0.4, 0.5) is 5.69 Å². The van der Waals surface area contributed by atoms with Crippen molar-refractivity contribution in [2.45, 2.75) is 32.4 Å². The Hall–Kier alpha value is -1.55. The van der Waals surface area contributed by atoms with Gasteiger partial charge in [0.15, 0.2) is 0 Å². The van der Waals surface area contributed by atoms with Crippen LogP contribution in [0.3, 0.4) is 0 Å². The topological polar surface area (TPSA) is 41.6 Å². The summed E-state index contributed by atoms with van der Waals surface area (Å²) in [5.41, 5.74) is 0.344. The number of likely N-dealkylation sites (N-methyl/N-ethyl adjacent to an activating group) is 1. The minimum Gasteiger partial charge on any atom is -0.468 e. The van der Waals surface area contributed by atoms with Crippen molar-refractivity contribution in [3.8, 4) is 0 Å². The molecule has 19 heavy (non-hydrogen) atoms. The van der Waals surface area contributed by atoms with Gasteiger partial charge in [-0.1, -0.05) is 18.2 Å². The number of methoxy groups -OCH3 is 1. The summed E-state index contributed by atoms with van der Waals surface area (Å²) in [7, 11) is 3.39. The van der Waals surface area contributed by atoms with Gasteiger partial charge in [-0.25, -0.2) is 4.79 Å². The molecule has 0 amide bonds. The minimum atomic E-state index is -0.729. The van der Waals surface area contributed by atoms with Gasteiger partial charge >= 0.3 is 5.97 Å². The molecule has 0 radical (unpaired) electrons. The molecule has 1 rings (SSSR count). The summed E-state index contributed by atoms with van der Waals surface area (Å²) in [4.78, 5) is 14.1. The van der Waals surface area contributed by atoms with E-state index in [4.69, 9.17) is 4.74 Å². The van der Waals surface area contributed by atoms with E-state index in [9.17, 15) is 4.79 Å². The van der Waals surface area contributed by atoms with Gasteiger partial charge in [-0.2, -0.15) is 0 Å². The molecule has 1 atom stereocenters. The predicted molar refractivity (Wildman–Crippen MR) is 78.4 cm³/mol. The smallest absolute Gasteiger partial charge is 0.327 e. The summed E-state index contributed by atoms with van der Waals surface area (Å²) < 4.78 is 4.92. The van der Waals surface area contributed by atoms with E-state index < -0.39 is 5.54 Å². The van der Waals surface area contributed by atoms with Gasteiger partial charge in [-0.3, -0.25) is 5.32 Å². The van der Waals surface area contributed by atoms with Crippen molar-refractivity contribution >= 4 is 11.7 Å². The Kier molecular flexibility index (Phi) is 5.36. The van der Waals surface area contributed by atoms with Crippen LogP contribution in [-0.4, -0.2) is 38.3 Å². The molecule has 4 nitrogen and oxygen atoms in total. The van der Waals surface area contributed by atoms with Crippen molar-refractivity contribution in [1.29, 1.82) is 0 Å². The second-order valence-corrected chi connectivity index (χ2v) is 5.31. The fraction of sp³-hybridized carbons (Fsp3) is 0.533. The molecule has 1 unspecified atom stereocenters. The Morgan fingerprint density at radius 2 is 1.95 bits per heavy atom. The fourth-order valence-electron chi connectivity index (χ4n) is 2.28. The van der Waals surface area contributed by atoms with Crippen LogP contribution >= 0.6 is 0 Å². The van der Waals surface area contributed by atoms with Crippen LogP contribution in [0, 0.1) is 0 Å². The first-order valence-electron chi connectivity index (χ1n) is 6.51. The highest BCUT2D eigenvalue weighted by molar-refractivity contribution is 5.81. The third-order valence-electron chi connectivity index (χ3n) is 2.99. The molecule has 4 heteroatoms. The highest BCUT2D eigenvalue weighted by Gasteiger charge is 2.36. The highest BCUT2D eigenvalue weighted by atomic mass is 16.5. The quantitative estimate of drug-likeness (QED) is 0.799. The number of rotatable bonds is 6. The molecule has 0 bridgehead atoms. The molecule has 0 aliphatic rings. The lowest BCUT2D eigenvalue weighted by molar-refractivity contribution is -0.147. The number of nitrogens with one attached hydrogen (secondary N) is 1. The van der Waals surface area contributed by atoms with E-state index >= 15 is 0 Å². The Morgan fingerprint density at radius 3 is 2.42 bits per heavy atom. The summed E-state index contributed by atoms with van der Waals surface area (Å²) in [5.74, 6) is -0.246. The van der Waals surface area contributed by atoms with Gasteiger partial charge in [-0.05, 0) is 32.9 Å². The van der Waals surface area contributed by atoms with E-state index in [1.54, 1.807) is 0 Å². The summed E-state index contributed by atoms with van der Waals surface area (Å²) in [6.45, 7) is 6.45. The molecule has 0 saturated carbocycles. The molecule has 0 aromatic heterocycles. The van der Waals surface area contributed by atoms with Gasteiger partial charge in [0.05, 0.1) is 7.11 Å². The molecule has 0 fully saturated rings. The monoisotopic (exact) mass is 264 g/mol. The average Bonchev–Trinajstić information content (AvgIpc) is 2.37. The molecule has 0 saturated heterocycles. The van der Waals surface area contributed by atoms with Crippen LogP contribution < -0.4 is 10.2 Å². The summed E-state index contributed by atoms with van der Waals surface area (Å²) in [6.07, 6.45) is 0. The zero-order chi connectivity index (χ0) is 14.5. The number of benzene rings is 1. The SMILES string of the molecule is COC(=O)C(C)(CN(C)c1ccccc1)NC(C)C. The van der Waals surface area contributed by atoms with E-state index in [1.165, 1.54) is 7.11 Å². The van der Waals surface area contributed by atoms with E-state index in [0.29, 0.717) is 6.54 Å². The third-order valence-corrected chi connectivity index (χ3v) is 2.99. The summed E-state index contributed by atoms with van der Waals surface area (Å²) in [5, 5.41) is 3.29. The van der Waals surface area contributed by atoms with Gasteiger partial charge < -0.3 is 9.64 Å². The molecule has 0 aliphatic heterocycles. The van der Waals surface area contributed by atoms with Crippen molar-refractivity contribution in [2.24, 2.45) is 0 Å². The standard InChI is InChI=1S/C15H24N2O2/c1-12(2)16-15(3,14(18)19-5)11-17(4)13-9-7-6-8-10-13/h6-10,12,16H,11H2,1-5H3. The molecular weight excluding hydrogens is 240 g/mol. The van der Waals surface area contributed by atoms with Gasteiger partial charge in [0.1, 0.15) is 5.54 Å². The number of para-hydroxylation sites is 1. The van der Waals surface area contributed by atoms with Gasteiger partial charge in [0.25, 0.3) is 0 Å². The number of carbonyl (C=O) groups is 1. The molecule has 106 valence electrons. The highest BCUT2D eigenvalue weighted by Crippen LogP contribution is 2.16. The second kappa shape index (κ2) is 6.57. The first-order chi connectivity index (χ1) is 8.89. The van der Waals surface area contributed by atoms with Crippen LogP contribution in [0.2, 0.25) is 0 Å². The lowest BCUT2D eigenvalue weighted by atomic mass is 10.0. The number of nitrogens with zero attached hydrogens (tertiary/aromatic N) is 1. The number of esters is 1. The van der Waals surface area contributed by atoms with Crippen molar-refractivity contribution in [3.05, 3.63) is 30.3 Å². The Bertz CT molecular complexity index is 406. The van der Waals surface area contributed by atoms with Gasteiger partial charge in [-0.15, -0.1) is 0 Å². The number of ether oxygens (including phenoxy) is 1. The van der Waals surface area contributed by atoms with Crippen LogP contribution in [0.1, 0.15) is 20.8 Å². The van der Waals surface area contributed by atoms with Crippen LogP contribution in [0.5, 0.6) is 0 Å². The van der Waals surface area contributed by atoms with E-state index in [-0.39, 0.29) is 12.0 Å². The molecule has 0 aliphatic carbocycles. The molecule has 1 N–H and O–H groups in total. The number of hydrogen-bond acceptors (Lipinski definition) is 4. The van der Waals surface area contributed by atoms with Crippen molar-refractivity contribution in [1.82, 2.24) is 5.32 Å². The maximum atomic E-state index is 12.0. The predicted octanol–water partition coefficient (Wildman–Crippen LogP) is 2.05. The lowest BCUT2D eigenvalue weighted by Crippen LogP contribution is -2.59. The molecular formula is C15H24N2O2. The van der Waals surface area contributed by atoms with E-state index in [2.05, 4.69) is 5.32 Å². The summed E-state index contributed by atoms with van der Waals surface area (Å²) >= 11 is 0. The Balaban J connectivity index is 2.86. The first kappa shape index (κ1) is 15.5. The average molecular weight is 264 g/mol. The van der Waals surface area contributed by atoms with E-state index in [0.717, 1.165) is 5.69 Å².